The maximum atomic E-state index is 9.81. The molecule has 1 aromatic rings. The summed E-state index contributed by atoms with van der Waals surface area (Å²) in [7, 11) is 0. The Morgan fingerprint density at radius 3 is 2.30 bits per heavy atom. The number of H-pyrrole nitrogens is 1. The minimum atomic E-state index is -3.61. The quantitative estimate of drug-likeness (QED) is 0.628. The van der Waals surface area contributed by atoms with Gasteiger partial charge in [0, 0.05) is 0 Å². The number of aromatic nitrogens is 2. The van der Waals surface area contributed by atoms with Gasteiger partial charge in [0.15, 0.2) is 0 Å². The number of nitrogens with zero attached hydrogens (tertiary/aromatic N) is 1. The van der Waals surface area contributed by atoms with E-state index in [4.69, 9.17) is 15.8 Å². The Labute approximate surface area is 63.5 Å². The molecule has 0 aliphatic rings. The first-order valence-electron chi connectivity index (χ1n) is 2.01. The molecule has 0 saturated heterocycles. The van der Waals surface area contributed by atoms with Gasteiger partial charge in [-0.3, -0.25) is 0 Å². The van der Waals surface area contributed by atoms with Gasteiger partial charge in [0.05, 0.1) is 12.5 Å². The summed E-state index contributed by atoms with van der Waals surface area (Å²) in [4.78, 5) is 6.29. The van der Waals surface area contributed by atoms with E-state index < -0.39 is 11.6 Å². The molecule has 0 radical (unpaired) electrons. The molecule has 0 saturated carbocycles. The van der Waals surface area contributed by atoms with Gasteiger partial charge in [0.2, 0.25) is 0 Å². The summed E-state index contributed by atoms with van der Waals surface area (Å²) in [5.74, 6) is 0. The average Bonchev–Trinajstić information content (AvgIpc) is 2.15. The number of nitrogens with one attached hydrogen (secondary N) is 1. The molecule has 1 rings (SSSR count). The lowest BCUT2D eigenvalue weighted by molar-refractivity contribution is 0.602. The van der Waals surface area contributed by atoms with Crippen molar-refractivity contribution in [3.8, 4) is 0 Å². The lowest BCUT2D eigenvalue weighted by Crippen LogP contribution is -1.49. The highest BCUT2D eigenvalue weighted by Gasteiger charge is 1.77. The summed E-state index contributed by atoms with van der Waals surface area (Å²) in [5, 5.41) is 0.579. The second-order valence-corrected chi connectivity index (χ2v) is 1.86. The molecule has 58 valence electrons. The molecule has 0 aliphatic carbocycles. The van der Waals surface area contributed by atoms with Gasteiger partial charge in [-0.05, 0) is 0 Å². The van der Waals surface area contributed by atoms with Gasteiger partial charge in [0.25, 0.3) is 0 Å². The van der Waals surface area contributed by atoms with Gasteiger partial charge < -0.3 is 4.98 Å². The lowest BCUT2D eigenvalue weighted by atomic mass is 11.0. The minimum Gasteiger partial charge on any atom is -0.336 e. The predicted molar refractivity (Wildman–Crippen MR) is 34.0 cm³/mol. The number of halogens is 3. The Hall–Kier alpha value is -0.490. The highest BCUT2D eigenvalue weighted by Crippen LogP contribution is 1.95. The minimum absolute atomic E-state index is 0.579. The molecule has 7 heteroatoms. The van der Waals surface area contributed by atoms with Crippen LogP contribution >= 0.6 is 11.6 Å². The Balaban J connectivity index is 0.000000180. The highest BCUT2D eigenvalue weighted by atomic mass is 35.5. The topological polar surface area (TPSA) is 45.8 Å². The van der Waals surface area contributed by atoms with Crippen LogP contribution in [0, 0.1) is 0 Å². The van der Waals surface area contributed by atoms with Crippen LogP contribution in [0.4, 0.5) is 7.77 Å². The first-order chi connectivity index (χ1) is 4.63. The SMILES string of the molecule is Clc1cnc[nH]1.O=S(F)F. The molecule has 0 fully saturated rings. The maximum absolute atomic E-state index is 9.81. The van der Waals surface area contributed by atoms with Crippen molar-refractivity contribution in [2.45, 2.75) is 0 Å². The van der Waals surface area contributed by atoms with Crippen molar-refractivity contribution in [2.24, 2.45) is 0 Å². The third-order valence-electron chi connectivity index (χ3n) is 0.465. The van der Waals surface area contributed by atoms with Crippen molar-refractivity contribution in [3.05, 3.63) is 17.7 Å². The Morgan fingerprint density at radius 2 is 2.20 bits per heavy atom. The molecule has 0 aliphatic heterocycles. The van der Waals surface area contributed by atoms with E-state index in [1.54, 1.807) is 6.20 Å². The van der Waals surface area contributed by atoms with Gasteiger partial charge in [0.1, 0.15) is 5.15 Å². The molecule has 0 aromatic carbocycles. The zero-order chi connectivity index (χ0) is 7.98. The third kappa shape index (κ3) is 7.51. The standard InChI is InChI=1S/C3H3ClN2.F2OS/c4-3-1-5-2-6-3;1-4(2)3/h1-2H,(H,5,6);. The van der Waals surface area contributed by atoms with Crippen molar-refractivity contribution in [1.82, 2.24) is 9.97 Å². The zero-order valence-electron chi connectivity index (χ0n) is 4.55. The van der Waals surface area contributed by atoms with Gasteiger partial charge in [-0.2, -0.15) is 4.21 Å². The van der Waals surface area contributed by atoms with Gasteiger partial charge in [-0.15, -0.1) is 0 Å². The largest absolute Gasteiger partial charge is 0.385 e. The molecule has 0 atom stereocenters. The molecule has 1 N–H and O–H groups in total. The fourth-order valence-electron chi connectivity index (χ4n) is 0.239. The smallest absolute Gasteiger partial charge is 0.336 e. The normalized spacial score (nSPS) is 8.80. The van der Waals surface area contributed by atoms with Crippen LogP contribution in [0.3, 0.4) is 0 Å². The predicted octanol–water partition coefficient (Wildman–Crippen LogP) is 1.57. The van der Waals surface area contributed by atoms with Gasteiger partial charge in [-0.1, -0.05) is 19.4 Å². The number of aromatic amines is 1. The van der Waals surface area contributed by atoms with Crippen LogP contribution < -0.4 is 0 Å². The monoisotopic (exact) mass is 188 g/mol. The summed E-state index contributed by atoms with van der Waals surface area (Å²) in [5.41, 5.74) is 0. The molecule has 0 unspecified atom stereocenters. The summed E-state index contributed by atoms with van der Waals surface area (Å²) >= 11 is 1.73. The van der Waals surface area contributed by atoms with Crippen LogP contribution in [0.1, 0.15) is 0 Å². The van der Waals surface area contributed by atoms with Crippen molar-refractivity contribution in [3.63, 3.8) is 0 Å². The molecule has 3 nitrogen and oxygen atoms in total. The van der Waals surface area contributed by atoms with Gasteiger partial charge in [-0.25, -0.2) is 4.98 Å². The van der Waals surface area contributed by atoms with Crippen LogP contribution in [0.25, 0.3) is 0 Å². The van der Waals surface area contributed by atoms with E-state index in [9.17, 15) is 7.77 Å². The first-order valence-corrected chi connectivity index (χ1v) is 3.34. The highest BCUT2D eigenvalue weighted by molar-refractivity contribution is 7.74. The number of hydrogen-bond donors (Lipinski definition) is 1. The van der Waals surface area contributed by atoms with Crippen LogP contribution in [0.15, 0.2) is 12.5 Å². The summed E-state index contributed by atoms with van der Waals surface area (Å²) < 4.78 is 27.8. The van der Waals surface area contributed by atoms with E-state index in [2.05, 4.69) is 9.97 Å². The third-order valence-corrected chi connectivity index (χ3v) is 0.672. The first kappa shape index (κ1) is 9.51. The van der Waals surface area contributed by atoms with E-state index >= 15 is 0 Å². The summed E-state index contributed by atoms with van der Waals surface area (Å²) in [6.07, 6.45) is 3.07. The fourth-order valence-corrected chi connectivity index (χ4v) is 0.344. The van der Waals surface area contributed by atoms with Crippen molar-refractivity contribution < 1.29 is 12.0 Å². The zero-order valence-corrected chi connectivity index (χ0v) is 6.12. The second-order valence-electron chi connectivity index (χ2n) is 1.08. The van der Waals surface area contributed by atoms with E-state index in [1.807, 2.05) is 0 Å². The Morgan fingerprint density at radius 1 is 1.70 bits per heavy atom. The van der Waals surface area contributed by atoms with Crippen LogP contribution in [-0.4, -0.2) is 14.2 Å². The van der Waals surface area contributed by atoms with Crippen molar-refractivity contribution in [2.75, 3.05) is 0 Å². The molecular weight excluding hydrogens is 186 g/mol. The van der Waals surface area contributed by atoms with E-state index in [1.165, 1.54) is 6.33 Å². The van der Waals surface area contributed by atoms with Crippen LogP contribution in [0.2, 0.25) is 5.15 Å². The molecule has 0 amide bonds. The second kappa shape index (κ2) is 5.31. The van der Waals surface area contributed by atoms with E-state index in [0.717, 1.165) is 0 Å². The summed E-state index contributed by atoms with van der Waals surface area (Å²) in [6, 6.07) is 0. The van der Waals surface area contributed by atoms with E-state index in [-0.39, 0.29) is 0 Å². The molecular formula is C3H3ClF2N2OS. The van der Waals surface area contributed by atoms with Crippen LogP contribution in [-0.2, 0) is 11.6 Å². The average molecular weight is 189 g/mol. The Kier molecular flexibility index (Phi) is 5.05. The summed E-state index contributed by atoms with van der Waals surface area (Å²) in [6.45, 7) is 0. The maximum Gasteiger partial charge on any atom is 0.385 e. The molecule has 1 aromatic heterocycles. The molecule has 10 heavy (non-hydrogen) atoms. The van der Waals surface area contributed by atoms with E-state index in [0.29, 0.717) is 5.15 Å². The number of rotatable bonds is 0. The Bertz CT molecular complexity index is 188. The lowest BCUT2D eigenvalue weighted by Gasteiger charge is -1.64. The van der Waals surface area contributed by atoms with Gasteiger partial charge >= 0.3 is 11.6 Å². The molecule has 0 bridgehead atoms. The van der Waals surface area contributed by atoms with Crippen LogP contribution in [0.5, 0.6) is 0 Å². The molecule has 1 heterocycles. The fraction of sp³-hybridized carbons (Fsp3) is 0. The van der Waals surface area contributed by atoms with Crippen molar-refractivity contribution >= 4 is 23.2 Å². The van der Waals surface area contributed by atoms with Crippen molar-refractivity contribution in [1.29, 1.82) is 0 Å². The number of imidazole rings is 1. The number of hydrogen-bond acceptors (Lipinski definition) is 2. The molecule has 0 spiro atoms.